The Morgan fingerprint density at radius 2 is 1.90 bits per heavy atom. The molecule has 0 spiro atoms. The molecule has 1 fully saturated rings. The van der Waals surface area contributed by atoms with Gasteiger partial charge in [-0.25, -0.2) is 8.42 Å². The van der Waals surface area contributed by atoms with Crippen molar-refractivity contribution in [1.29, 1.82) is 0 Å². The summed E-state index contributed by atoms with van der Waals surface area (Å²) in [5.41, 5.74) is 0.214. The van der Waals surface area contributed by atoms with Crippen LogP contribution in [0.25, 0.3) is 0 Å². The topological polar surface area (TPSA) is 88.1 Å². The number of sulfone groups is 1. The van der Waals surface area contributed by atoms with Crippen molar-refractivity contribution in [3.8, 4) is 11.5 Å². The molecule has 0 bridgehead atoms. The van der Waals surface area contributed by atoms with E-state index in [1.165, 1.54) is 36.4 Å². The lowest BCUT2D eigenvalue weighted by molar-refractivity contribution is -0.157. The van der Waals surface area contributed by atoms with Crippen LogP contribution in [0.15, 0.2) is 47.4 Å². The molecule has 2 unspecified atom stereocenters. The predicted octanol–water partition coefficient (Wildman–Crippen LogP) is 1.96. The van der Waals surface area contributed by atoms with Gasteiger partial charge in [0.25, 0.3) is 0 Å². The fraction of sp³-hybridized carbons (Fsp3) is 0.333. The second kappa shape index (κ2) is 6.51. The van der Waals surface area contributed by atoms with E-state index in [2.05, 4.69) is 5.32 Å². The summed E-state index contributed by atoms with van der Waals surface area (Å²) in [6, 6.07) is 7.65. The van der Waals surface area contributed by atoms with E-state index in [-0.39, 0.29) is 22.9 Å². The number of nitrogens with zero attached hydrogens (tertiary/aromatic N) is 1. The second-order valence-corrected chi connectivity index (χ2v) is 8.87. The summed E-state index contributed by atoms with van der Waals surface area (Å²) in [4.78, 5) is 1.00. The summed E-state index contributed by atoms with van der Waals surface area (Å²) in [5.74, 6) is -1.52. The van der Waals surface area contributed by atoms with E-state index in [4.69, 9.17) is 9.47 Å². The molecule has 2 aromatic carbocycles. The first-order chi connectivity index (χ1) is 13.5. The SMILES string of the molecule is CS(=O)(=O)c1cccc(C2(O)NC(C(F)(F)F)CN2c2ccc3c(c2)OCO3)c1. The van der Waals surface area contributed by atoms with Gasteiger partial charge in [-0.3, -0.25) is 5.32 Å². The molecule has 0 aromatic heterocycles. The van der Waals surface area contributed by atoms with Gasteiger partial charge in [-0.2, -0.15) is 13.2 Å². The number of benzene rings is 2. The molecule has 2 heterocycles. The molecular formula is C18H17F3N2O5S. The van der Waals surface area contributed by atoms with E-state index in [0.717, 1.165) is 17.2 Å². The Morgan fingerprint density at radius 1 is 1.17 bits per heavy atom. The molecule has 0 amide bonds. The lowest BCUT2D eigenvalue weighted by Gasteiger charge is -2.35. The smallest absolute Gasteiger partial charge is 0.405 e. The van der Waals surface area contributed by atoms with Crippen molar-refractivity contribution in [1.82, 2.24) is 5.32 Å². The first-order valence-electron chi connectivity index (χ1n) is 8.53. The zero-order valence-electron chi connectivity index (χ0n) is 15.1. The van der Waals surface area contributed by atoms with E-state index in [0.29, 0.717) is 11.5 Å². The Morgan fingerprint density at radius 3 is 2.59 bits per heavy atom. The lowest BCUT2D eigenvalue weighted by atomic mass is 10.1. The molecule has 2 aliphatic heterocycles. The average Bonchev–Trinajstić information content (AvgIpc) is 3.25. The van der Waals surface area contributed by atoms with E-state index in [1.807, 2.05) is 0 Å². The standard InChI is InChI=1S/C18H17F3N2O5S/c1-29(25,26)13-4-2-3-11(7-13)18(24)22-16(17(19,20)21)9-23(18)12-5-6-14-15(8-12)28-10-27-14/h2-8,16,22,24H,9-10H2,1H3. The summed E-state index contributed by atoms with van der Waals surface area (Å²) < 4.78 is 74.6. The number of anilines is 1. The molecule has 0 radical (unpaired) electrons. The molecule has 156 valence electrons. The molecular weight excluding hydrogens is 413 g/mol. The molecule has 7 nitrogen and oxygen atoms in total. The molecule has 1 saturated heterocycles. The van der Waals surface area contributed by atoms with Gasteiger partial charge >= 0.3 is 6.18 Å². The fourth-order valence-electron chi connectivity index (χ4n) is 3.39. The summed E-state index contributed by atoms with van der Waals surface area (Å²) in [5, 5.41) is 13.5. The van der Waals surface area contributed by atoms with E-state index < -0.39 is 34.4 Å². The van der Waals surface area contributed by atoms with Gasteiger partial charge in [0.15, 0.2) is 21.3 Å². The van der Waals surface area contributed by atoms with E-state index >= 15 is 0 Å². The third kappa shape index (κ3) is 3.49. The minimum Gasteiger partial charge on any atom is -0.454 e. The van der Waals surface area contributed by atoms with Crippen LogP contribution >= 0.6 is 0 Å². The summed E-state index contributed by atoms with van der Waals surface area (Å²) in [7, 11) is -3.63. The van der Waals surface area contributed by atoms with Crippen LogP contribution in [0.1, 0.15) is 5.56 Å². The molecule has 0 aliphatic carbocycles. The van der Waals surface area contributed by atoms with Gasteiger partial charge in [0.2, 0.25) is 12.6 Å². The monoisotopic (exact) mass is 430 g/mol. The molecule has 4 rings (SSSR count). The molecule has 11 heteroatoms. The quantitative estimate of drug-likeness (QED) is 0.770. The van der Waals surface area contributed by atoms with Crippen LogP contribution in [0.2, 0.25) is 0 Å². The van der Waals surface area contributed by atoms with Gasteiger partial charge < -0.3 is 19.5 Å². The highest BCUT2D eigenvalue weighted by atomic mass is 32.2. The molecule has 2 aromatic rings. The van der Waals surface area contributed by atoms with Gasteiger partial charge in [-0.15, -0.1) is 0 Å². The highest BCUT2D eigenvalue weighted by Crippen LogP contribution is 2.42. The zero-order chi connectivity index (χ0) is 21.0. The summed E-state index contributed by atoms with van der Waals surface area (Å²) in [6.45, 7) is -0.606. The third-order valence-electron chi connectivity index (χ3n) is 4.86. The van der Waals surface area contributed by atoms with Crippen LogP contribution in [0.4, 0.5) is 18.9 Å². The maximum absolute atomic E-state index is 13.5. The van der Waals surface area contributed by atoms with Gasteiger partial charge in [0.1, 0.15) is 6.04 Å². The Balaban J connectivity index is 1.82. The number of aliphatic hydroxyl groups is 1. The first-order valence-corrected chi connectivity index (χ1v) is 10.4. The number of ether oxygens (including phenoxy) is 2. The van der Waals surface area contributed by atoms with Crippen molar-refractivity contribution in [3.63, 3.8) is 0 Å². The summed E-state index contributed by atoms with van der Waals surface area (Å²) in [6.07, 6.45) is -3.65. The number of halogens is 3. The average molecular weight is 430 g/mol. The second-order valence-electron chi connectivity index (χ2n) is 6.86. The number of hydrogen-bond donors (Lipinski definition) is 2. The zero-order valence-corrected chi connectivity index (χ0v) is 15.9. The molecule has 2 N–H and O–H groups in total. The summed E-state index contributed by atoms with van der Waals surface area (Å²) >= 11 is 0. The van der Waals surface area contributed by atoms with Crippen LogP contribution in [0, 0.1) is 0 Å². The van der Waals surface area contributed by atoms with E-state index in [1.54, 1.807) is 0 Å². The Bertz CT molecular complexity index is 1060. The Labute approximate surface area is 164 Å². The van der Waals surface area contributed by atoms with Crippen LogP contribution in [0.5, 0.6) is 11.5 Å². The van der Waals surface area contributed by atoms with E-state index in [9.17, 15) is 26.7 Å². The fourth-order valence-corrected chi connectivity index (χ4v) is 4.06. The Kier molecular flexibility index (Phi) is 4.44. The maximum Gasteiger partial charge on any atom is 0.405 e. The third-order valence-corrected chi connectivity index (χ3v) is 5.97. The Hall–Kier alpha value is -2.50. The first kappa shape index (κ1) is 19.8. The highest BCUT2D eigenvalue weighted by molar-refractivity contribution is 7.90. The van der Waals surface area contributed by atoms with Crippen molar-refractivity contribution in [2.75, 3.05) is 24.5 Å². The van der Waals surface area contributed by atoms with Gasteiger partial charge in [0, 0.05) is 30.1 Å². The van der Waals surface area contributed by atoms with Crippen molar-refractivity contribution in [2.45, 2.75) is 23.0 Å². The molecule has 2 atom stereocenters. The number of hydrogen-bond acceptors (Lipinski definition) is 7. The number of rotatable bonds is 3. The highest BCUT2D eigenvalue weighted by Gasteiger charge is 2.54. The van der Waals surface area contributed by atoms with Crippen molar-refractivity contribution in [3.05, 3.63) is 48.0 Å². The molecule has 29 heavy (non-hydrogen) atoms. The van der Waals surface area contributed by atoms with Crippen molar-refractivity contribution < 1.29 is 36.2 Å². The van der Waals surface area contributed by atoms with Gasteiger partial charge in [-0.05, 0) is 24.3 Å². The van der Waals surface area contributed by atoms with Gasteiger partial charge in [0.05, 0.1) is 4.90 Å². The van der Waals surface area contributed by atoms with Crippen LogP contribution in [0.3, 0.4) is 0 Å². The van der Waals surface area contributed by atoms with Crippen LogP contribution in [-0.2, 0) is 15.7 Å². The van der Waals surface area contributed by atoms with Crippen LogP contribution < -0.4 is 19.7 Å². The minimum atomic E-state index is -4.63. The normalized spacial score (nSPS) is 24.2. The predicted molar refractivity (Wildman–Crippen MR) is 96.3 cm³/mol. The van der Waals surface area contributed by atoms with Gasteiger partial charge in [-0.1, -0.05) is 12.1 Å². The van der Waals surface area contributed by atoms with Crippen molar-refractivity contribution in [2.24, 2.45) is 0 Å². The van der Waals surface area contributed by atoms with Crippen LogP contribution in [-0.4, -0.2) is 45.3 Å². The van der Waals surface area contributed by atoms with Crippen molar-refractivity contribution >= 4 is 15.5 Å². The molecule has 2 aliphatic rings. The number of alkyl halides is 3. The minimum absolute atomic E-state index is 0.0110. The largest absolute Gasteiger partial charge is 0.454 e. The number of nitrogens with one attached hydrogen (secondary N) is 1. The number of fused-ring (bicyclic) bond motifs is 1. The maximum atomic E-state index is 13.5. The molecule has 0 saturated carbocycles. The lowest BCUT2D eigenvalue weighted by Crippen LogP contribution is -2.51.